The lowest BCUT2D eigenvalue weighted by atomic mass is 9.91. The number of thiophene rings is 1. The number of fused-ring (bicyclic) bond motifs is 10. The van der Waals surface area contributed by atoms with Crippen LogP contribution in [0, 0.1) is 0 Å². The van der Waals surface area contributed by atoms with E-state index in [0.29, 0.717) is 5.95 Å². The molecule has 14 aromatic rings. The van der Waals surface area contributed by atoms with Gasteiger partial charge in [-0.2, -0.15) is 0 Å². The largest absolute Gasteiger partial charge is 0.309 e. The van der Waals surface area contributed by atoms with Crippen LogP contribution in [0.3, 0.4) is 0 Å². The molecule has 9 aromatic carbocycles. The molecule has 5 heterocycles. The van der Waals surface area contributed by atoms with E-state index in [2.05, 4.69) is 214 Å². The van der Waals surface area contributed by atoms with E-state index in [1.165, 1.54) is 69.4 Å². The average molecular weight is 872 g/mol. The Morgan fingerprint density at radius 3 is 1.45 bits per heavy atom. The van der Waals surface area contributed by atoms with Gasteiger partial charge in [-0.05, 0) is 99.8 Å². The van der Waals surface area contributed by atoms with Gasteiger partial charge in [0, 0.05) is 70.9 Å². The van der Waals surface area contributed by atoms with Gasteiger partial charge in [0.15, 0.2) is 0 Å². The quantitative estimate of drug-likeness (QED) is 0.167. The lowest BCUT2D eigenvalue weighted by molar-refractivity contribution is 0.995. The van der Waals surface area contributed by atoms with Gasteiger partial charge >= 0.3 is 0 Å². The van der Waals surface area contributed by atoms with Crippen molar-refractivity contribution >= 4 is 85.9 Å². The predicted octanol–water partition coefficient (Wildman–Crippen LogP) is 16.3. The molecule has 67 heavy (non-hydrogen) atoms. The van der Waals surface area contributed by atoms with Crippen molar-refractivity contribution in [3.63, 3.8) is 0 Å². The highest BCUT2D eigenvalue weighted by atomic mass is 32.1. The number of hydrogen-bond acceptors (Lipinski definition) is 4. The van der Waals surface area contributed by atoms with Crippen molar-refractivity contribution in [1.29, 1.82) is 0 Å². The zero-order valence-corrected chi connectivity index (χ0v) is 36.8. The van der Waals surface area contributed by atoms with Crippen LogP contribution in [-0.4, -0.2) is 24.1 Å². The Bertz CT molecular complexity index is 4220. The molecule has 0 spiro atoms. The maximum Gasteiger partial charge on any atom is 0.235 e. The van der Waals surface area contributed by atoms with Gasteiger partial charge in [-0.25, -0.2) is 9.97 Å². The molecule has 0 fully saturated rings. The van der Waals surface area contributed by atoms with Gasteiger partial charge in [-0.3, -0.25) is 9.55 Å². The molecule has 0 saturated carbocycles. The fraction of sp³-hybridized carbons (Fsp3) is 0. The summed E-state index contributed by atoms with van der Waals surface area (Å²) in [4.78, 5) is 15.0. The molecule has 0 saturated heterocycles. The van der Waals surface area contributed by atoms with Crippen LogP contribution in [-0.2, 0) is 0 Å². The Kier molecular flexibility index (Phi) is 8.38. The molecule has 0 aliphatic rings. The third-order valence-corrected chi connectivity index (χ3v) is 14.6. The molecule has 0 atom stereocenters. The second kappa shape index (κ2) is 14.9. The Morgan fingerprint density at radius 1 is 0.328 bits per heavy atom. The van der Waals surface area contributed by atoms with Crippen LogP contribution >= 0.6 is 11.3 Å². The van der Waals surface area contributed by atoms with E-state index in [0.717, 1.165) is 55.6 Å². The predicted molar refractivity (Wildman–Crippen MR) is 281 cm³/mol. The SMILES string of the molecule is c1ccc(-c2cc(-c3ccccc3)nc(-n3c4ccccc4c4cc(-c5ccc(-c6ccc7c(c6)c6ccccc6n7-c6ccc7sc8ccncc8c7c6)c6ccccc56)ccc43)n2)cc1. The van der Waals surface area contributed by atoms with Gasteiger partial charge < -0.3 is 4.57 Å². The van der Waals surface area contributed by atoms with Crippen molar-refractivity contribution in [2.75, 3.05) is 0 Å². The van der Waals surface area contributed by atoms with Crippen LogP contribution in [0.1, 0.15) is 0 Å². The smallest absolute Gasteiger partial charge is 0.235 e. The van der Waals surface area contributed by atoms with Crippen molar-refractivity contribution in [3.05, 3.63) is 225 Å². The zero-order valence-electron chi connectivity index (χ0n) is 36.0. The van der Waals surface area contributed by atoms with Gasteiger partial charge in [-0.15, -0.1) is 11.3 Å². The topological polar surface area (TPSA) is 48.5 Å². The number of benzene rings is 9. The minimum absolute atomic E-state index is 0.642. The molecule has 0 N–H and O–H groups in total. The van der Waals surface area contributed by atoms with E-state index >= 15 is 0 Å². The molecule has 0 bridgehead atoms. The van der Waals surface area contributed by atoms with E-state index in [1.54, 1.807) is 0 Å². The highest BCUT2D eigenvalue weighted by molar-refractivity contribution is 7.25. The van der Waals surface area contributed by atoms with Crippen LogP contribution in [0.25, 0.3) is 131 Å². The highest BCUT2D eigenvalue weighted by Crippen LogP contribution is 2.42. The van der Waals surface area contributed by atoms with Crippen molar-refractivity contribution in [3.8, 4) is 56.4 Å². The number of nitrogens with zero attached hydrogens (tertiary/aromatic N) is 5. The lowest BCUT2D eigenvalue weighted by Crippen LogP contribution is -2.04. The third kappa shape index (κ3) is 5.97. The summed E-state index contributed by atoms with van der Waals surface area (Å²) >= 11 is 1.82. The van der Waals surface area contributed by atoms with Crippen molar-refractivity contribution in [1.82, 2.24) is 24.1 Å². The summed E-state index contributed by atoms with van der Waals surface area (Å²) in [6.07, 6.45) is 3.87. The van der Waals surface area contributed by atoms with Crippen LogP contribution in [0.2, 0.25) is 0 Å². The average Bonchev–Trinajstić information content (AvgIpc) is 4.06. The normalized spacial score (nSPS) is 11.9. The summed E-state index contributed by atoms with van der Waals surface area (Å²) in [6, 6.07) is 76.5. The Morgan fingerprint density at radius 2 is 0.836 bits per heavy atom. The van der Waals surface area contributed by atoms with Crippen LogP contribution in [0.4, 0.5) is 0 Å². The number of rotatable bonds is 6. The van der Waals surface area contributed by atoms with E-state index in [9.17, 15) is 0 Å². The van der Waals surface area contributed by atoms with Gasteiger partial charge in [0.2, 0.25) is 5.95 Å². The molecule has 5 aromatic heterocycles. The minimum Gasteiger partial charge on any atom is -0.309 e. The van der Waals surface area contributed by atoms with Crippen molar-refractivity contribution < 1.29 is 0 Å². The first-order valence-corrected chi connectivity index (χ1v) is 23.4. The molecule has 5 nitrogen and oxygen atoms in total. The highest BCUT2D eigenvalue weighted by Gasteiger charge is 2.20. The number of para-hydroxylation sites is 2. The summed E-state index contributed by atoms with van der Waals surface area (Å²) in [6.45, 7) is 0. The Labute approximate surface area is 389 Å². The fourth-order valence-corrected chi connectivity index (χ4v) is 11.4. The molecule has 6 heteroatoms. The first-order chi connectivity index (χ1) is 33.2. The molecule has 0 aliphatic heterocycles. The Balaban J connectivity index is 0.903. The van der Waals surface area contributed by atoms with Crippen LogP contribution in [0.15, 0.2) is 225 Å². The molecule has 14 rings (SSSR count). The first-order valence-electron chi connectivity index (χ1n) is 22.6. The summed E-state index contributed by atoms with van der Waals surface area (Å²) in [5, 5.41) is 9.64. The standard InChI is InChI=1S/C61H37N5S/c1-3-13-38(14-4-1)53-36-54(39-15-5-2-6-16-39)64-61(63-53)66-56-22-12-10-20-48(56)50-34-41(24-29-58(50)66)44-27-26-43(45-17-7-8-18-46(44)45)40-23-28-57-49(33-40)47-19-9-11-21-55(47)65(57)42-25-30-59-51(35-42)52-37-62-32-31-60(52)67-59/h1-37H. The molecular weight excluding hydrogens is 835 g/mol. The van der Waals surface area contributed by atoms with Crippen molar-refractivity contribution in [2.45, 2.75) is 0 Å². The number of aromatic nitrogens is 5. The zero-order chi connectivity index (χ0) is 44.0. The van der Waals surface area contributed by atoms with E-state index in [1.807, 2.05) is 35.9 Å². The van der Waals surface area contributed by atoms with Crippen LogP contribution in [0.5, 0.6) is 0 Å². The summed E-state index contributed by atoms with van der Waals surface area (Å²) in [5.74, 6) is 0.642. The molecule has 0 aliphatic carbocycles. The third-order valence-electron chi connectivity index (χ3n) is 13.5. The second-order valence-electron chi connectivity index (χ2n) is 17.2. The first kappa shape index (κ1) is 37.6. The van der Waals surface area contributed by atoms with Gasteiger partial charge in [0.1, 0.15) is 0 Å². The van der Waals surface area contributed by atoms with E-state index in [4.69, 9.17) is 9.97 Å². The molecule has 0 radical (unpaired) electrons. The Hall–Kier alpha value is -8.71. The van der Waals surface area contributed by atoms with E-state index in [-0.39, 0.29) is 0 Å². The molecule has 0 amide bonds. The minimum atomic E-state index is 0.642. The summed E-state index contributed by atoms with van der Waals surface area (Å²) in [7, 11) is 0. The molecule has 0 unspecified atom stereocenters. The summed E-state index contributed by atoms with van der Waals surface area (Å²) < 4.78 is 7.17. The maximum atomic E-state index is 5.25. The van der Waals surface area contributed by atoms with Crippen molar-refractivity contribution in [2.24, 2.45) is 0 Å². The van der Waals surface area contributed by atoms with E-state index < -0.39 is 0 Å². The van der Waals surface area contributed by atoms with Gasteiger partial charge in [0.05, 0.1) is 33.5 Å². The second-order valence-corrected chi connectivity index (χ2v) is 18.3. The molecule has 312 valence electrons. The fourth-order valence-electron chi connectivity index (χ4n) is 10.4. The molecular formula is C61H37N5S. The number of hydrogen-bond donors (Lipinski definition) is 0. The van der Waals surface area contributed by atoms with Crippen LogP contribution < -0.4 is 0 Å². The van der Waals surface area contributed by atoms with Gasteiger partial charge in [0.25, 0.3) is 0 Å². The maximum absolute atomic E-state index is 5.25. The lowest BCUT2D eigenvalue weighted by Gasteiger charge is -2.14. The monoisotopic (exact) mass is 871 g/mol. The van der Waals surface area contributed by atoms with Gasteiger partial charge in [-0.1, -0.05) is 146 Å². The summed E-state index contributed by atoms with van der Waals surface area (Å²) in [5.41, 5.74) is 14.3. The number of pyridine rings is 1.